The molecule has 0 saturated heterocycles. The summed E-state index contributed by atoms with van der Waals surface area (Å²) in [6.45, 7) is 4.02. The average molecular weight is 747 g/mol. The van der Waals surface area contributed by atoms with Crippen LogP contribution in [0.25, 0.3) is 22.0 Å². The highest BCUT2D eigenvalue weighted by molar-refractivity contribution is 8.02. The molecule has 3 aromatic carbocycles. The minimum Gasteiger partial charge on any atom is -0.493 e. The molecule has 274 valence electrons. The third-order valence-electron chi connectivity index (χ3n) is 7.53. The van der Waals surface area contributed by atoms with Crippen LogP contribution in [0, 0.1) is 0 Å². The van der Waals surface area contributed by atoms with E-state index in [0.29, 0.717) is 12.8 Å². The molecule has 0 atom stereocenters. The first-order valence-corrected chi connectivity index (χ1v) is 19.1. The molecule has 0 amide bonds. The minimum absolute atomic E-state index is 0.0281. The highest BCUT2D eigenvalue weighted by Gasteiger charge is 2.49. The molecule has 0 fully saturated rings. The van der Waals surface area contributed by atoms with Crippen LogP contribution in [-0.4, -0.2) is 41.1 Å². The van der Waals surface area contributed by atoms with Gasteiger partial charge in [-0.1, -0.05) is 113 Å². The zero-order chi connectivity index (χ0) is 37.0. The van der Waals surface area contributed by atoms with Gasteiger partial charge in [0.1, 0.15) is 11.5 Å². The molecule has 6 nitrogen and oxygen atoms in total. The van der Waals surface area contributed by atoms with E-state index in [1.807, 2.05) is 13.8 Å². The lowest BCUT2D eigenvalue weighted by Crippen LogP contribution is -2.24. The molecule has 0 radical (unpaired) electrons. The van der Waals surface area contributed by atoms with Gasteiger partial charge < -0.3 is 9.47 Å². The second-order valence-corrected chi connectivity index (χ2v) is 15.2. The van der Waals surface area contributed by atoms with Crippen molar-refractivity contribution in [1.29, 1.82) is 0 Å². The number of benzene rings is 3. The van der Waals surface area contributed by atoms with Gasteiger partial charge >= 0.3 is 11.0 Å². The zero-order valence-corrected chi connectivity index (χ0v) is 29.3. The summed E-state index contributed by atoms with van der Waals surface area (Å²) in [5.74, 6) is -0.373. The Hall–Kier alpha value is -3.78. The number of ether oxygens (including phenoxy) is 2. The van der Waals surface area contributed by atoms with Crippen molar-refractivity contribution in [1.82, 2.24) is 0 Å². The highest BCUT2D eigenvalue weighted by Crippen LogP contribution is 2.42. The predicted molar refractivity (Wildman–Crippen MR) is 184 cm³/mol. The molecule has 0 heterocycles. The maximum Gasteiger partial charge on any atom is 0.501 e. The minimum atomic E-state index is -5.93. The maximum atomic E-state index is 14.0. The summed E-state index contributed by atoms with van der Waals surface area (Å²) >= 11 is 0. The van der Waals surface area contributed by atoms with Crippen LogP contribution >= 0.6 is 0 Å². The van der Waals surface area contributed by atoms with Gasteiger partial charge in [-0.15, -0.1) is 0 Å². The largest absolute Gasteiger partial charge is 0.501 e. The Labute approximate surface area is 289 Å². The molecule has 0 aliphatic carbocycles. The number of hydrogen-bond acceptors (Lipinski definition) is 6. The maximum absolute atomic E-state index is 14.0. The molecule has 0 N–H and O–H groups in total. The van der Waals surface area contributed by atoms with Crippen molar-refractivity contribution >= 4 is 41.6 Å². The summed E-state index contributed by atoms with van der Waals surface area (Å²) < 4.78 is 147. The van der Waals surface area contributed by atoms with Gasteiger partial charge in [0.2, 0.25) is 0 Å². The average Bonchev–Trinajstić information content (AvgIpc) is 3.06. The van der Waals surface area contributed by atoms with E-state index in [4.69, 9.17) is 9.47 Å². The van der Waals surface area contributed by atoms with Crippen molar-refractivity contribution in [2.24, 2.45) is 0 Å². The number of sulfone groups is 2. The van der Waals surface area contributed by atoms with E-state index < -0.39 is 40.5 Å². The monoisotopic (exact) mass is 746 g/mol. The van der Waals surface area contributed by atoms with E-state index in [-0.39, 0.29) is 47.0 Å². The fraction of sp³-hybridized carbons (Fsp3) is 0.389. The summed E-state index contributed by atoms with van der Waals surface area (Å²) in [5.41, 5.74) is -12.2. The smallest absolute Gasteiger partial charge is 0.493 e. The van der Waals surface area contributed by atoms with Crippen LogP contribution in [0.15, 0.2) is 72.8 Å². The van der Waals surface area contributed by atoms with Gasteiger partial charge in [-0.25, -0.2) is 16.8 Å². The molecule has 3 rings (SSSR count). The predicted octanol–water partition coefficient (Wildman–Crippen LogP) is 10.5. The van der Waals surface area contributed by atoms with Gasteiger partial charge in [0.25, 0.3) is 19.7 Å². The number of hydrogen-bond donors (Lipinski definition) is 0. The van der Waals surface area contributed by atoms with E-state index >= 15 is 0 Å². The lowest BCUT2D eigenvalue weighted by molar-refractivity contribution is -0.0426. The Balaban J connectivity index is 2.39. The van der Waals surface area contributed by atoms with E-state index in [1.54, 1.807) is 0 Å². The Kier molecular flexibility index (Phi) is 14.6. The Bertz CT molecular complexity index is 1680. The summed E-state index contributed by atoms with van der Waals surface area (Å²) in [7, 11) is -11.9. The summed E-state index contributed by atoms with van der Waals surface area (Å²) in [6.07, 6.45) is 7.50. The molecule has 50 heavy (non-hydrogen) atoms. The topological polar surface area (TPSA) is 86.7 Å². The van der Waals surface area contributed by atoms with Crippen LogP contribution in [0.5, 0.6) is 11.5 Å². The number of rotatable bonds is 18. The van der Waals surface area contributed by atoms with Gasteiger partial charge in [0.15, 0.2) is 0 Å². The van der Waals surface area contributed by atoms with E-state index in [2.05, 4.69) is 0 Å². The molecular formula is C36H40F6O6S2. The fourth-order valence-corrected chi connectivity index (χ4v) is 6.81. The molecule has 0 unspecified atom stereocenters. The third-order valence-corrected chi connectivity index (χ3v) is 10.6. The highest BCUT2D eigenvalue weighted by atomic mass is 32.2. The molecule has 0 bridgehead atoms. The van der Waals surface area contributed by atoms with Crippen molar-refractivity contribution in [3.05, 3.63) is 95.1 Å². The lowest BCUT2D eigenvalue weighted by atomic mass is 10.0. The molecule has 0 saturated carbocycles. The van der Waals surface area contributed by atoms with Crippen LogP contribution < -0.4 is 9.47 Å². The van der Waals surface area contributed by atoms with Crippen molar-refractivity contribution in [3.8, 4) is 11.5 Å². The van der Waals surface area contributed by atoms with Crippen LogP contribution in [0.4, 0.5) is 26.3 Å². The molecule has 14 heteroatoms. The standard InChI is InChI=1S/C36H40F6O6S2/c1-3-5-7-15-21-47-31-23-30(26-34(28-19-13-10-14-20-28)50(45,46)36(40,41)42)32(48-22-16-8-6-4-2)24-29(31)25-33(27-17-11-9-12-18-27)49(43,44)35(37,38)39/h9-14,17-20,23-26H,3-8,15-16,21-22H2,1-2H3/b33-25-,34-26-. The van der Waals surface area contributed by atoms with Crippen LogP contribution in [0.1, 0.15) is 87.5 Å². The third kappa shape index (κ3) is 10.6. The Morgan fingerprint density at radius 3 is 1.20 bits per heavy atom. The first kappa shape index (κ1) is 40.6. The van der Waals surface area contributed by atoms with Crippen LogP contribution in [0.3, 0.4) is 0 Å². The van der Waals surface area contributed by atoms with Gasteiger partial charge in [-0.2, -0.15) is 26.3 Å². The van der Waals surface area contributed by atoms with E-state index in [9.17, 15) is 43.2 Å². The van der Waals surface area contributed by atoms with Gasteiger partial charge in [0.05, 0.1) is 23.0 Å². The summed E-state index contributed by atoms with van der Waals surface area (Å²) in [6, 6.07) is 15.5. The number of halogens is 6. The van der Waals surface area contributed by atoms with Gasteiger partial charge in [-0.3, -0.25) is 0 Å². The number of alkyl halides is 6. The van der Waals surface area contributed by atoms with E-state index in [0.717, 1.165) is 62.8 Å². The molecule has 0 aliphatic rings. The van der Waals surface area contributed by atoms with Crippen molar-refractivity contribution in [2.45, 2.75) is 76.2 Å². The van der Waals surface area contributed by atoms with Crippen molar-refractivity contribution < 1.29 is 52.7 Å². The second kappa shape index (κ2) is 17.9. The quantitative estimate of drug-likeness (QED) is 0.0732. The first-order chi connectivity index (χ1) is 23.5. The zero-order valence-electron chi connectivity index (χ0n) is 27.7. The number of unbranched alkanes of at least 4 members (excludes halogenated alkanes) is 6. The van der Waals surface area contributed by atoms with Crippen molar-refractivity contribution in [2.75, 3.05) is 13.2 Å². The van der Waals surface area contributed by atoms with Gasteiger partial charge in [-0.05, 0) is 48.3 Å². The molecule has 0 aromatic heterocycles. The normalized spacial score (nSPS) is 13.4. The van der Waals surface area contributed by atoms with Gasteiger partial charge in [0, 0.05) is 11.1 Å². The molecule has 3 aromatic rings. The summed E-state index contributed by atoms with van der Waals surface area (Å²) in [4.78, 5) is -2.19. The lowest BCUT2D eigenvalue weighted by Gasteiger charge is -2.18. The first-order valence-electron chi connectivity index (χ1n) is 16.1. The Morgan fingerprint density at radius 1 is 0.560 bits per heavy atom. The van der Waals surface area contributed by atoms with Crippen LogP contribution in [0.2, 0.25) is 0 Å². The van der Waals surface area contributed by atoms with E-state index in [1.165, 1.54) is 60.7 Å². The fourth-order valence-electron chi connectivity index (χ4n) is 4.86. The molecule has 0 aliphatic heterocycles. The summed E-state index contributed by atoms with van der Waals surface area (Å²) in [5, 5.41) is 0. The van der Waals surface area contributed by atoms with Crippen LogP contribution in [-0.2, 0) is 19.7 Å². The second-order valence-electron chi connectivity index (χ2n) is 11.4. The van der Waals surface area contributed by atoms with Crippen molar-refractivity contribution in [3.63, 3.8) is 0 Å². The Morgan fingerprint density at radius 2 is 0.900 bits per heavy atom. The SMILES string of the molecule is CCCCCCOc1cc(/C=C(/c2ccccc2)S(=O)(=O)C(F)(F)F)c(OCCCCCC)cc1/C=C(/c1ccccc1)S(=O)(=O)C(F)(F)F. The molecule has 0 spiro atoms. The molecular weight excluding hydrogens is 707 g/mol.